The van der Waals surface area contributed by atoms with E-state index in [0.29, 0.717) is 4.48 Å². The van der Waals surface area contributed by atoms with Gasteiger partial charge in [0, 0.05) is 0 Å². The van der Waals surface area contributed by atoms with Crippen LogP contribution in [0.2, 0.25) is 0 Å². The molecule has 0 aliphatic heterocycles. The Bertz CT molecular complexity index is 119. The molecule has 0 atom stereocenters. The van der Waals surface area contributed by atoms with Crippen LogP contribution in [0.25, 0.3) is 0 Å². The van der Waals surface area contributed by atoms with Gasteiger partial charge in [0.25, 0.3) is 0 Å². The summed E-state index contributed by atoms with van der Waals surface area (Å²) in [6.45, 7) is 5.75. The lowest BCUT2D eigenvalue weighted by atomic mass is 10.4. The van der Waals surface area contributed by atoms with Crippen molar-refractivity contribution in [2.75, 3.05) is 26.7 Å². The molecule has 0 saturated carbocycles. The topological polar surface area (TPSA) is 40.1 Å². The van der Waals surface area contributed by atoms with Gasteiger partial charge in [-0.25, -0.2) is 0 Å². The van der Waals surface area contributed by atoms with Crippen molar-refractivity contribution >= 4 is 5.97 Å². The third-order valence-electron chi connectivity index (χ3n) is 2.04. The van der Waals surface area contributed by atoms with Crippen LogP contribution in [0, 0.1) is 0 Å². The third-order valence-corrected chi connectivity index (χ3v) is 2.04. The average molecular weight is 145 g/mol. The molecule has 0 aliphatic rings. The quantitative estimate of drug-likeness (QED) is 0.487. The zero-order chi connectivity index (χ0) is 8.20. The van der Waals surface area contributed by atoms with Crippen LogP contribution in [0.5, 0.6) is 0 Å². The number of carbonyl (C=O) groups excluding carboxylic acids is 1. The van der Waals surface area contributed by atoms with E-state index in [-0.39, 0.29) is 6.54 Å². The number of hydrogen-bond acceptors (Lipinski definition) is 2. The van der Waals surface area contributed by atoms with Crippen molar-refractivity contribution in [1.82, 2.24) is 0 Å². The normalized spacial score (nSPS) is 11.5. The molecule has 0 N–H and O–H groups in total. The highest BCUT2D eigenvalue weighted by molar-refractivity contribution is 5.65. The van der Waals surface area contributed by atoms with Crippen molar-refractivity contribution in [3.63, 3.8) is 0 Å². The second-order valence-electron chi connectivity index (χ2n) is 2.78. The summed E-state index contributed by atoms with van der Waals surface area (Å²) in [7, 11) is 1.91. The Hall–Kier alpha value is -0.570. The minimum atomic E-state index is -0.966. The first-order valence-electron chi connectivity index (χ1n) is 3.57. The van der Waals surface area contributed by atoms with E-state index >= 15 is 0 Å². The van der Waals surface area contributed by atoms with E-state index in [1.165, 1.54) is 0 Å². The predicted octanol–water partition coefficient (Wildman–Crippen LogP) is -0.777. The maximum absolute atomic E-state index is 10.2. The Balaban J connectivity index is 3.92. The number of carbonyl (C=O) groups is 1. The standard InChI is InChI=1S/C7H15NO2/c1-4-8(3,5-2)6-7(9)10/h4-6H2,1-3H3. The maximum Gasteiger partial charge on any atom is 0.119 e. The van der Waals surface area contributed by atoms with Crippen LogP contribution in [0.15, 0.2) is 0 Å². The Morgan fingerprint density at radius 3 is 1.90 bits per heavy atom. The zero-order valence-electron chi connectivity index (χ0n) is 6.89. The molecule has 0 heterocycles. The number of carboxylic acids is 1. The molecular formula is C7H15NO2. The molecule has 0 amide bonds. The molecule has 0 bridgehead atoms. The van der Waals surface area contributed by atoms with Crippen LogP contribution in [0.4, 0.5) is 0 Å². The van der Waals surface area contributed by atoms with Crippen molar-refractivity contribution in [2.45, 2.75) is 13.8 Å². The van der Waals surface area contributed by atoms with E-state index < -0.39 is 5.97 Å². The molecule has 10 heavy (non-hydrogen) atoms. The minimum absolute atomic E-state index is 0.118. The first-order valence-corrected chi connectivity index (χ1v) is 3.57. The molecule has 0 aromatic carbocycles. The van der Waals surface area contributed by atoms with Gasteiger partial charge in [-0.1, -0.05) is 0 Å². The van der Waals surface area contributed by atoms with Crippen molar-refractivity contribution in [2.24, 2.45) is 0 Å². The first-order chi connectivity index (χ1) is 4.54. The van der Waals surface area contributed by atoms with E-state index in [0.717, 1.165) is 13.1 Å². The molecule has 0 rings (SSSR count). The van der Waals surface area contributed by atoms with Crippen LogP contribution in [0.1, 0.15) is 13.8 Å². The highest BCUT2D eigenvalue weighted by Gasteiger charge is 2.15. The largest absolute Gasteiger partial charge is 0.544 e. The predicted molar refractivity (Wildman–Crippen MR) is 37.1 cm³/mol. The SMILES string of the molecule is CC[N+](C)(CC)CC(=O)[O-]. The Morgan fingerprint density at radius 2 is 1.80 bits per heavy atom. The molecule has 0 saturated heterocycles. The molecule has 0 fully saturated rings. The molecule has 3 nitrogen and oxygen atoms in total. The summed E-state index contributed by atoms with van der Waals surface area (Å²) in [5.41, 5.74) is 0. The van der Waals surface area contributed by atoms with Crippen LogP contribution in [-0.2, 0) is 4.79 Å². The summed E-state index contributed by atoms with van der Waals surface area (Å²) in [5, 5.41) is 10.2. The van der Waals surface area contributed by atoms with Gasteiger partial charge in [0.15, 0.2) is 0 Å². The van der Waals surface area contributed by atoms with Crippen molar-refractivity contribution in [1.29, 1.82) is 0 Å². The number of rotatable bonds is 4. The smallest absolute Gasteiger partial charge is 0.119 e. The van der Waals surface area contributed by atoms with E-state index in [2.05, 4.69) is 0 Å². The summed E-state index contributed by atoms with van der Waals surface area (Å²) < 4.78 is 0.558. The first kappa shape index (κ1) is 9.43. The number of nitrogens with zero attached hydrogens (tertiary/aromatic N) is 1. The zero-order valence-corrected chi connectivity index (χ0v) is 6.89. The highest BCUT2D eigenvalue weighted by Crippen LogP contribution is 1.98. The fourth-order valence-electron chi connectivity index (χ4n) is 0.759. The average Bonchev–Trinajstić information content (AvgIpc) is 1.87. The van der Waals surface area contributed by atoms with E-state index in [4.69, 9.17) is 0 Å². The van der Waals surface area contributed by atoms with Crippen molar-refractivity contribution in [3.05, 3.63) is 0 Å². The molecule has 0 spiro atoms. The van der Waals surface area contributed by atoms with Crippen molar-refractivity contribution < 1.29 is 14.4 Å². The van der Waals surface area contributed by atoms with E-state index in [1.54, 1.807) is 0 Å². The van der Waals surface area contributed by atoms with Crippen LogP contribution in [-0.4, -0.2) is 37.1 Å². The lowest BCUT2D eigenvalue weighted by molar-refractivity contribution is -0.900. The van der Waals surface area contributed by atoms with Gasteiger partial charge >= 0.3 is 0 Å². The van der Waals surface area contributed by atoms with Gasteiger partial charge in [-0.2, -0.15) is 0 Å². The van der Waals surface area contributed by atoms with E-state index in [9.17, 15) is 9.90 Å². The molecule has 0 aliphatic carbocycles. The second kappa shape index (κ2) is 3.56. The molecule has 0 radical (unpaired) electrons. The maximum atomic E-state index is 10.2. The lowest BCUT2D eigenvalue weighted by Crippen LogP contribution is -2.50. The third kappa shape index (κ3) is 2.82. The number of aliphatic carboxylic acids is 1. The summed E-state index contributed by atoms with van der Waals surface area (Å²) in [5.74, 6) is -0.966. The van der Waals surface area contributed by atoms with Gasteiger partial charge in [-0.3, -0.25) is 0 Å². The molecule has 0 aromatic rings. The number of carboxylic acid groups (broad SMARTS) is 1. The Kier molecular flexibility index (Phi) is 3.36. The molecule has 60 valence electrons. The molecule has 3 heteroatoms. The monoisotopic (exact) mass is 145 g/mol. The summed E-state index contributed by atoms with van der Waals surface area (Å²) in [6, 6.07) is 0. The fourth-order valence-corrected chi connectivity index (χ4v) is 0.759. The molecular weight excluding hydrogens is 130 g/mol. The van der Waals surface area contributed by atoms with Gasteiger partial charge in [0.05, 0.1) is 26.1 Å². The van der Waals surface area contributed by atoms with Crippen LogP contribution in [0.3, 0.4) is 0 Å². The van der Waals surface area contributed by atoms with Crippen LogP contribution < -0.4 is 5.11 Å². The molecule has 0 aromatic heterocycles. The number of quaternary nitrogens is 1. The Morgan fingerprint density at radius 1 is 1.40 bits per heavy atom. The summed E-state index contributed by atoms with van der Waals surface area (Å²) in [6.07, 6.45) is 0. The van der Waals surface area contributed by atoms with Gasteiger partial charge in [-0.15, -0.1) is 0 Å². The van der Waals surface area contributed by atoms with Gasteiger partial charge in [0.2, 0.25) is 0 Å². The summed E-state index contributed by atoms with van der Waals surface area (Å²) in [4.78, 5) is 10.2. The minimum Gasteiger partial charge on any atom is -0.544 e. The van der Waals surface area contributed by atoms with Gasteiger partial charge < -0.3 is 14.4 Å². The van der Waals surface area contributed by atoms with Gasteiger partial charge in [0.1, 0.15) is 6.54 Å². The fraction of sp³-hybridized carbons (Fsp3) is 0.857. The number of likely N-dealkylation sites (N-methyl/N-ethyl adjacent to an activating group) is 1. The molecule has 0 unspecified atom stereocenters. The van der Waals surface area contributed by atoms with Gasteiger partial charge in [-0.05, 0) is 13.8 Å². The van der Waals surface area contributed by atoms with Crippen LogP contribution >= 0.6 is 0 Å². The second-order valence-corrected chi connectivity index (χ2v) is 2.78. The highest BCUT2D eigenvalue weighted by atomic mass is 16.4. The van der Waals surface area contributed by atoms with E-state index in [1.807, 2.05) is 20.9 Å². The van der Waals surface area contributed by atoms with Crippen molar-refractivity contribution in [3.8, 4) is 0 Å². The summed E-state index contributed by atoms with van der Waals surface area (Å²) >= 11 is 0. The number of hydrogen-bond donors (Lipinski definition) is 0. The Labute approximate surface area is 61.9 Å². The lowest BCUT2D eigenvalue weighted by Gasteiger charge is -2.32.